The van der Waals surface area contributed by atoms with E-state index in [0.29, 0.717) is 36.1 Å². The van der Waals surface area contributed by atoms with Crippen LogP contribution in [0.5, 0.6) is 0 Å². The standard InChI is InChI=1S/C30H32FN5O4.C2H6/c1-17-8-11-23(22(31)14-17)33-26-24(28(39)34(3)20-9-10-20)25(18(2)27(38)35(26)4)36(16-37)21-7-5-6-19(15-21)30(12-13-30)29(32)40;1-2/h5-8,11,14-16,20,33H,9-10,12-13H2,1-4H3,(H2,32,40);1-2H3. The molecule has 0 spiro atoms. The number of anilines is 4. The molecule has 0 aliphatic heterocycles. The van der Waals surface area contributed by atoms with Gasteiger partial charge in [0.2, 0.25) is 12.3 Å². The van der Waals surface area contributed by atoms with Crippen LogP contribution >= 0.6 is 0 Å². The molecular formula is C32H38FN5O4. The van der Waals surface area contributed by atoms with Crippen molar-refractivity contribution in [3.63, 3.8) is 0 Å². The lowest BCUT2D eigenvalue weighted by Gasteiger charge is -2.29. The Morgan fingerprint density at radius 3 is 2.33 bits per heavy atom. The summed E-state index contributed by atoms with van der Waals surface area (Å²) >= 11 is 0. The Balaban J connectivity index is 0.00000198. The normalized spacial score (nSPS) is 14.7. The number of carbonyl (C=O) groups excluding carboxylic acids is 3. The molecule has 42 heavy (non-hydrogen) atoms. The van der Waals surface area contributed by atoms with Crippen molar-refractivity contribution in [2.24, 2.45) is 12.8 Å². The molecule has 0 saturated heterocycles. The number of amides is 3. The van der Waals surface area contributed by atoms with E-state index in [-0.39, 0.29) is 34.4 Å². The summed E-state index contributed by atoms with van der Waals surface area (Å²) in [5.41, 5.74) is 6.55. The lowest BCUT2D eigenvalue weighted by molar-refractivity contribution is -0.120. The highest BCUT2D eigenvalue weighted by molar-refractivity contribution is 6.09. The van der Waals surface area contributed by atoms with Crippen LogP contribution in [0, 0.1) is 19.7 Å². The van der Waals surface area contributed by atoms with Gasteiger partial charge in [-0.2, -0.15) is 0 Å². The summed E-state index contributed by atoms with van der Waals surface area (Å²) in [7, 11) is 3.17. The van der Waals surface area contributed by atoms with E-state index in [1.54, 1.807) is 56.1 Å². The van der Waals surface area contributed by atoms with E-state index in [1.807, 2.05) is 13.8 Å². The molecule has 0 unspecified atom stereocenters. The molecule has 2 aromatic carbocycles. The Hall–Kier alpha value is -4.47. The Morgan fingerprint density at radius 1 is 1.12 bits per heavy atom. The SMILES string of the molecule is CC.Cc1ccc(Nc2c(C(=O)N(C)C3CC3)c(N(C=O)c3cccc(C4(C(N)=O)CC4)c3)c(C)c(=O)n2C)c(F)c1. The van der Waals surface area contributed by atoms with Crippen LogP contribution in [0.3, 0.4) is 0 Å². The van der Waals surface area contributed by atoms with Crippen LogP contribution in [0.2, 0.25) is 0 Å². The van der Waals surface area contributed by atoms with Crippen molar-refractivity contribution < 1.29 is 18.8 Å². The zero-order valence-electron chi connectivity index (χ0n) is 25.0. The number of aryl methyl sites for hydroxylation is 1. The van der Waals surface area contributed by atoms with Crippen LogP contribution in [-0.2, 0) is 22.1 Å². The molecule has 5 rings (SSSR count). The first-order valence-electron chi connectivity index (χ1n) is 14.2. The van der Waals surface area contributed by atoms with Crippen molar-refractivity contribution in [2.75, 3.05) is 17.3 Å². The Bertz CT molecular complexity index is 1610. The first kappa shape index (κ1) is 30.5. The molecule has 0 atom stereocenters. The zero-order valence-corrected chi connectivity index (χ0v) is 25.0. The van der Waals surface area contributed by atoms with Crippen molar-refractivity contribution in [3.05, 3.63) is 80.9 Å². The second-order valence-corrected chi connectivity index (χ2v) is 10.8. The van der Waals surface area contributed by atoms with Crippen molar-refractivity contribution >= 4 is 41.1 Å². The number of nitrogens with zero attached hydrogens (tertiary/aromatic N) is 3. The maximum atomic E-state index is 14.9. The molecule has 2 saturated carbocycles. The summed E-state index contributed by atoms with van der Waals surface area (Å²) < 4.78 is 16.2. The molecule has 222 valence electrons. The highest BCUT2D eigenvalue weighted by atomic mass is 19.1. The van der Waals surface area contributed by atoms with Gasteiger partial charge < -0.3 is 16.0 Å². The van der Waals surface area contributed by atoms with Gasteiger partial charge in [0.1, 0.15) is 17.2 Å². The molecule has 9 nitrogen and oxygen atoms in total. The first-order chi connectivity index (χ1) is 20.0. The van der Waals surface area contributed by atoms with Gasteiger partial charge in [-0.3, -0.25) is 28.6 Å². The fourth-order valence-electron chi connectivity index (χ4n) is 5.22. The van der Waals surface area contributed by atoms with E-state index in [0.717, 1.165) is 12.8 Å². The average molecular weight is 576 g/mol. The van der Waals surface area contributed by atoms with Gasteiger partial charge in [0, 0.05) is 31.4 Å². The van der Waals surface area contributed by atoms with E-state index in [2.05, 4.69) is 5.32 Å². The highest BCUT2D eigenvalue weighted by Gasteiger charge is 2.50. The second-order valence-electron chi connectivity index (χ2n) is 10.8. The number of benzene rings is 2. The maximum Gasteiger partial charge on any atom is 0.259 e. The van der Waals surface area contributed by atoms with Crippen molar-refractivity contribution in [2.45, 2.75) is 64.8 Å². The second kappa shape index (κ2) is 11.8. The van der Waals surface area contributed by atoms with Gasteiger partial charge in [0.15, 0.2) is 0 Å². The summed E-state index contributed by atoms with van der Waals surface area (Å²) in [6, 6.07) is 11.5. The third-order valence-electron chi connectivity index (χ3n) is 8.04. The third-order valence-corrected chi connectivity index (χ3v) is 8.04. The Kier molecular flexibility index (Phi) is 8.56. The van der Waals surface area contributed by atoms with Crippen molar-refractivity contribution in [1.82, 2.24) is 9.47 Å². The number of pyridine rings is 1. The first-order valence-corrected chi connectivity index (χ1v) is 14.2. The minimum absolute atomic E-state index is 0.0279. The molecular weight excluding hydrogens is 537 g/mol. The fourth-order valence-corrected chi connectivity index (χ4v) is 5.22. The third kappa shape index (κ3) is 5.41. The molecule has 1 heterocycles. The molecule has 10 heteroatoms. The van der Waals surface area contributed by atoms with E-state index < -0.39 is 28.6 Å². The molecule has 1 aromatic heterocycles. The van der Waals surface area contributed by atoms with Crippen molar-refractivity contribution in [1.29, 1.82) is 0 Å². The topological polar surface area (TPSA) is 118 Å². The van der Waals surface area contributed by atoms with Gasteiger partial charge in [-0.05, 0) is 74.9 Å². The summed E-state index contributed by atoms with van der Waals surface area (Å²) in [4.78, 5) is 55.3. The van der Waals surface area contributed by atoms with Gasteiger partial charge in [-0.15, -0.1) is 0 Å². The van der Waals surface area contributed by atoms with Gasteiger partial charge in [0.25, 0.3) is 11.5 Å². The molecule has 0 radical (unpaired) electrons. The van der Waals surface area contributed by atoms with Crippen LogP contribution in [0.15, 0.2) is 47.3 Å². The van der Waals surface area contributed by atoms with Gasteiger partial charge in [-0.25, -0.2) is 4.39 Å². The van der Waals surface area contributed by atoms with Crippen LogP contribution in [0.1, 0.15) is 66.6 Å². The number of hydrogen-bond donors (Lipinski definition) is 2. The maximum absolute atomic E-state index is 14.9. The number of hydrogen-bond acceptors (Lipinski definition) is 5. The van der Waals surface area contributed by atoms with Gasteiger partial charge in [-0.1, -0.05) is 32.0 Å². The van der Waals surface area contributed by atoms with E-state index >= 15 is 0 Å². The predicted molar refractivity (Wildman–Crippen MR) is 162 cm³/mol. The predicted octanol–water partition coefficient (Wildman–Crippen LogP) is 4.96. The van der Waals surface area contributed by atoms with E-state index in [4.69, 9.17) is 5.73 Å². The molecule has 2 fully saturated rings. The molecule has 0 bridgehead atoms. The van der Waals surface area contributed by atoms with Gasteiger partial charge >= 0.3 is 0 Å². The quantitative estimate of drug-likeness (QED) is 0.350. The minimum atomic E-state index is -0.799. The molecule has 2 aliphatic rings. The van der Waals surface area contributed by atoms with Crippen LogP contribution in [0.4, 0.5) is 27.3 Å². The van der Waals surface area contributed by atoms with Crippen LogP contribution in [-0.4, -0.2) is 40.8 Å². The fraction of sp³-hybridized carbons (Fsp3) is 0.375. The molecule has 3 N–H and O–H groups in total. The molecule has 2 aliphatic carbocycles. The van der Waals surface area contributed by atoms with Crippen LogP contribution < -0.4 is 21.5 Å². The number of nitrogens with two attached hydrogens (primary N) is 1. The largest absolute Gasteiger partial charge is 0.369 e. The molecule has 3 amide bonds. The minimum Gasteiger partial charge on any atom is -0.369 e. The number of aromatic nitrogens is 1. The summed E-state index contributed by atoms with van der Waals surface area (Å²) in [5, 5.41) is 2.97. The zero-order chi connectivity index (χ0) is 30.9. The van der Waals surface area contributed by atoms with Crippen LogP contribution in [0.25, 0.3) is 0 Å². The van der Waals surface area contributed by atoms with E-state index in [9.17, 15) is 23.6 Å². The van der Waals surface area contributed by atoms with E-state index in [1.165, 1.54) is 28.6 Å². The average Bonchev–Trinajstić information content (AvgIpc) is 3.90. The number of nitrogens with one attached hydrogen (secondary N) is 1. The number of carbonyl (C=O) groups is 3. The van der Waals surface area contributed by atoms with Gasteiger partial charge in [0.05, 0.1) is 16.8 Å². The van der Waals surface area contributed by atoms with Crippen molar-refractivity contribution in [3.8, 4) is 0 Å². The smallest absolute Gasteiger partial charge is 0.259 e. The Morgan fingerprint density at radius 2 is 1.79 bits per heavy atom. The molecule has 3 aromatic rings. The lowest BCUT2D eigenvalue weighted by Crippen LogP contribution is -2.35. The monoisotopic (exact) mass is 575 g/mol. The highest BCUT2D eigenvalue weighted by Crippen LogP contribution is 2.49. The summed E-state index contributed by atoms with van der Waals surface area (Å²) in [6.07, 6.45) is 3.42. The Labute approximate surface area is 245 Å². The summed E-state index contributed by atoms with van der Waals surface area (Å²) in [5.74, 6) is -1.35. The summed E-state index contributed by atoms with van der Waals surface area (Å²) in [6.45, 7) is 7.31. The number of primary amides is 1. The lowest BCUT2D eigenvalue weighted by atomic mass is 9.94. The number of halogens is 1. The number of rotatable bonds is 9.